The zero-order valence-corrected chi connectivity index (χ0v) is 14.7. The molecule has 0 spiro atoms. The van der Waals surface area contributed by atoms with Gasteiger partial charge in [0.05, 0.1) is 12.3 Å². The van der Waals surface area contributed by atoms with Crippen LogP contribution in [0.2, 0.25) is 0 Å². The lowest BCUT2D eigenvalue weighted by Crippen LogP contribution is -2.32. The van der Waals surface area contributed by atoms with Gasteiger partial charge in [-0.1, -0.05) is 18.2 Å². The largest absolute Gasteiger partial charge is 0.481 e. The van der Waals surface area contributed by atoms with Gasteiger partial charge < -0.3 is 14.7 Å². The van der Waals surface area contributed by atoms with Gasteiger partial charge in [0.25, 0.3) is 0 Å². The Morgan fingerprint density at radius 2 is 1.85 bits per heavy atom. The Morgan fingerprint density at radius 1 is 1.19 bits per heavy atom. The maximum absolute atomic E-state index is 13.1. The van der Waals surface area contributed by atoms with Crippen LogP contribution in [-0.2, 0) is 4.79 Å². The molecule has 2 aromatic rings. The van der Waals surface area contributed by atoms with Gasteiger partial charge in [-0.3, -0.25) is 4.79 Å². The Labute approximate surface area is 155 Å². The predicted molar refractivity (Wildman–Crippen MR) is 95.2 cm³/mol. The van der Waals surface area contributed by atoms with Crippen molar-refractivity contribution in [2.75, 3.05) is 11.4 Å². The van der Waals surface area contributed by atoms with Crippen LogP contribution in [0.15, 0.2) is 48.5 Å². The topological polar surface area (TPSA) is 49.8 Å². The Balaban J connectivity index is 1.77. The van der Waals surface area contributed by atoms with Crippen LogP contribution < -0.4 is 9.64 Å². The van der Waals surface area contributed by atoms with Crippen molar-refractivity contribution in [2.45, 2.75) is 32.0 Å². The van der Waals surface area contributed by atoms with Gasteiger partial charge in [0.2, 0.25) is 0 Å². The molecule has 0 amide bonds. The number of alkyl halides is 3. The summed E-state index contributed by atoms with van der Waals surface area (Å²) in [6.07, 6.45) is -4.87. The van der Waals surface area contributed by atoms with E-state index in [1.807, 2.05) is 31.2 Å². The molecular formula is C20H20F3NO3. The molecule has 1 saturated heterocycles. The first kappa shape index (κ1) is 19.1. The molecule has 1 fully saturated rings. The van der Waals surface area contributed by atoms with E-state index in [1.54, 1.807) is 24.3 Å². The number of para-hydroxylation sites is 1. The van der Waals surface area contributed by atoms with E-state index in [9.17, 15) is 18.0 Å². The van der Waals surface area contributed by atoms with Gasteiger partial charge in [-0.05, 0) is 49.2 Å². The highest BCUT2D eigenvalue weighted by atomic mass is 19.4. The second-order valence-electron chi connectivity index (χ2n) is 6.74. The maximum Gasteiger partial charge on any atom is 0.393 e. The summed E-state index contributed by atoms with van der Waals surface area (Å²) >= 11 is 0. The molecule has 0 radical (unpaired) electrons. The molecule has 0 aromatic heterocycles. The van der Waals surface area contributed by atoms with Gasteiger partial charge in [-0.2, -0.15) is 13.2 Å². The van der Waals surface area contributed by atoms with Crippen molar-refractivity contribution in [1.82, 2.24) is 0 Å². The number of benzene rings is 2. The summed E-state index contributed by atoms with van der Waals surface area (Å²) in [5.74, 6) is -1.36. The molecule has 1 aliphatic heterocycles. The summed E-state index contributed by atoms with van der Waals surface area (Å²) in [5, 5.41) is 9.03. The molecule has 1 heterocycles. The number of hydrogen-bond acceptors (Lipinski definition) is 3. The van der Waals surface area contributed by atoms with E-state index in [0.29, 0.717) is 17.2 Å². The third-order valence-corrected chi connectivity index (χ3v) is 4.78. The minimum Gasteiger partial charge on any atom is -0.481 e. The van der Waals surface area contributed by atoms with Crippen molar-refractivity contribution >= 4 is 11.7 Å². The van der Waals surface area contributed by atoms with Crippen LogP contribution in [0.5, 0.6) is 11.5 Å². The third-order valence-electron chi connectivity index (χ3n) is 4.78. The Kier molecular flexibility index (Phi) is 5.30. The van der Waals surface area contributed by atoms with Crippen LogP contribution in [0.1, 0.15) is 18.4 Å². The van der Waals surface area contributed by atoms with Gasteiger partial charge in [0.15, 0.2) is 0 Å². The van der Waals surface area contributed by atoms with Crippen molar-refractivity contribution in [2.24, 2.45) is 5.92 Å². The molecule has 3 rings (SSSR count). The summed E-state index contributed by atoms with van der Waals surface area (Å²) in [7, 11) is 0. The first-order chi connectivity index (χ1) is 12.7. The second-order valence-corrected chi connectivity index (χ2v) is 6.74. The van der Waals surface area contributed by atoms with Crippen molar-refractivity contribution in [3.63, 3.8) is 0 Å². The fourth-order valence-electron chi connectivity index (χ4n) is 3.37. The number of nitrogens with zero attached hydrogens (tertiary/aromatic N) is 1. The quantitative estimate of drug-likeness (QED) is 0.793. The summed E-state index contributed by atoms with van der Waals surface area (Å²) in [6, 6.07) is 13.5. The predicted octanol–water partition coefficient (Wildman–Crippen LogP) is 5.02. The lowest BCUT2D eigenvalue weighted by Gasteiger charge is -2.26. The number of carbonyl (C=O) groups is 1. The molecule has 0 bridgehead atoms. The molecule has 27 heavy (non-hydrogen) atoms. The third kappa shape index (κ3) is 4.53. The molecule has 2 atom stereocenters. The molecule has 0 aliphatic carbocycles. The number of halogens is 3. The smallest absolute Gasteiger partial charge is 0.393 e. The first-order valence-electron chi connectivity index (χ1n) is 8.62. The standard InChI is InChI=1S/C20H20F3NO3/c1-13-4-2-3-5-18(13)27-17-8-6-15(7-9-17)24-12-14(20(21,22)23)10-16(24)11-19(25)26/h2-9,14,16H,10-12H2,1H3,(H,25,26). The molecule has 2 unspecified atom stereocenters. The van der Waals surface area contributed by atoms with Crippen LogP contribution >= 0.6 is 0 Å². The summed E-state index contributed by atoms with van der Waals surface area (Å²) < 4.78 is 45.1. The summed E-state index contributed by atoms with van der Waals surface area (Å²) in [5.41, 5.74) is 1.53. The first-order valence-corrected chi connectivity index (χ1v) is 8.62. The minimum atomic E-state index is -4.33. The zero-order valence-electron chi connectivity index (χ0n) is 14.7. The van der Waals surface area contributed by atoms with Gasteiger partial charge >= 0.3 is 12.1 Å². The molecule has 0 saturated carbocycles. The van der Waals surface area contributed by atoms with E-state index in [-0.39, 0.29) is 19.4 Å². The van der Waals surface area contributed by atoms with E-state index < -0.39 is 24.1 Å². The highest BCUT2D eigenvalue weighted by molar-refractivity contribution is 5.69. The molecule has 7 heteroatoms. The van der Waals surface area contributed by atoms with E-state index in [4.69, 9.17) is 9.84 Å². The average Bonchev–Trinajstić information content (AvgIpc) is 3.01. The molecule has 1 aliphatic rings. The fraction of sp³-hybridized carbons (Fsp3) is 0.350. The monoisotopic (exact) mass is 379 g/mol. The van der Waals surface area contributed by atoms with Crippen LogP contribution in [0.25, 0.3) is 0 Å². The minimum absolute atomic E-state index is 0.211. The molecule has 144 valence electrons. The van der Waals surface area contributed by atoms with Crippen molar-refractivity contribution < 1.29 is 27.8 Å². The molecule has 2 aromatic carbocycles. The van der Waals surface area contributed by atoms with Gasteiger partial charge in [0.1, 0.15) is 11.5 Å². The van der Waals surface area contributed by atoms with Gasteiger partial charge in [0, 0.05) is 18.3 Å². The second kappa shape index (κ2) is 7.50. The Morgan fingerprint density at radius 3 is 2.44 bits per heavy atom. The highest BCUT2D eigenvalue weighted by Crippen LogP contribution is 2.40. The van der Waals surface area contributed by atoms with Crippen molar-refractivity contribution in [1.29, 1.82) is 0 Å². The van der Waals surface area contributed by atoms with E-state index in [0.717, 1.165) is 5.56 Å². The Hall–Kier alpha value is -2.70. The average molecular weight is 379 g/mol. The number of hydrogen-bond donors (Lipinski definition) is 1. The highest BCUT2D eigenvalue weighted by Gasteiger charge is 2.47. The SMILES string of the molecule is Cc1ccccc1Oc1ccc(N2CC(C(F)(F)F)CC2CC(=O)O)cc1. The summed E-state index contributed by atoms with van der Waals surface area (Å²) in [4.78, 5) is 12.6. The number of ether oxygens (including phenoxy) is 1. The van der Waals surface area contributed by atoms with Crippen LogP contribution in [-0.4, -0.2) is 29.8 Å². The van der Waals surface area contributed by atoms with Crippen LogP contribution in [0, 0.1) is 12.8 Å². The molecular weight excluding hydrogens is 359 g/mol. The number of carboxylic acid groups (broad SMARTS) is 1. The Bertz CT molecular complexity index is 805. The van der Waals surface area contributed by atoms with Crippen molar-refractivity contribution in [3.05, 3.63) is 54.1 Å². The van der Waals surface area contributed by atoms with Gasteiger partial charge in [-0.25, -0.2) is 0 Å². The molecule has 4 nitrogen and oxygen atoms in total. The normalized spacial score (nSPS) is 19.9. The van der Waals surface area contributed by atoms with E-state index in [2.05, 4.69) is 0 Å². The number of anilines is 1. The zero-order chi connectivity index (χ0) is 19.6. The number of carboxylic acids is 1. The van der Waals surface area contributed by atoms with E-state index >= 15 is 0 Å². The fourth-order valence-corrected chi connectivity index (χ4v) is 3.37. The molecule has 1 N–H and O–H groups in total. The number of aryl methyl sites for hydroxylation is 1. The lowest BCUT2D eigenvalue weighted by atomic mass is 10.0. The van der Waals surface area contributed by atoms with Crippen LogP contribution in [0.3, 0.4) is 0 Å². The number of rotatable bonds is 5. The van der Waals surface area contributed by atoms with Crippen LogP contribution in [0.4, 0.5) is 18.9 Å². The van der Waals surface area contributed by atoms with E-state index in [1.165, 1.54) is 4.90 Å². The van der Waals surface area contributed by atoms with Crippen molar-refractivity contribution in [3.8, 4) is 11.5 Å². The van der Waals surface area contributed by atoms with Gasteiger partial charge in [-0.15, -0.1) is 0 Å². The summed E-state index contributed by atoms with van der Waals surface area (Å²) in [6.45, 7) is 1.68. The lowest BCUT2D eigenvalue weighted by molar-refractivity contribution is -0.169. The number of aliphatic carboxylic acids is 1. The maximum atomic E-state index is 13.1.